The molecule has 0 saturated heterocycles. The van der Waals surface area contributed by atoms with Gasteiger partial charge in [0.05, 0.1) is 24.4 Å². The van der Waals surface area contributed by atoms with Crippen LogP contribution in [0.2, 0.25) is 0 Å². The molecule has 1 heterocycles. The van der Waals surface area contributed by atoms with E-state index in [9.17, 15) is 20.4 Å². The molecule has 0 spiro atoms. The largest absolute Gasteiger partial charge is 0.389 e. The molecule has 8 N–H and O–H groups in total. The van der Waals surface area contributed by atoms with Gasteiger partial charge in [0, 0.05) is 5.56 Å². The van der Waals surface area contributed by atoms with E-state index in [1.807, 2.05) is 0 Å². The van der Waals surface area contributed by atoms with Gasteiger partial charge in [0.2, 0.25) is 11.9 Å². The van der Waals surface area contributed by atoms with Crippen LogP contribution in [0.5, 0.6) is 0 Å². The highest BCUT2D eigenvalue weighted by Gasteiger charge is 2.29. The number of hydrogen-bond donors (Lipinski definition) is 6. The van der Waals surface area contributed by atoms with Crippen LogP contribution in [0.3, 0.4) is 0 Å². The van der Waals surface area contributed by atoms with Crippen molar-refractivity contribution < 1.29 is 20.4 Å². The van der Waals surface area contributed by atoms with Crippen molar-refractivity contribution >= 4 is 11.9 Å². The van der Waals surface area contributed by atoms with Gasteiger partial charge >= 0.3 is 0 Å². The molecule has 0 aliphatic carbocycles. The van der Waals surface area contributed by atoms with E-state index < -0.39 is 24.4 Å². The number of aliphatic hydroxyl groups excluding tert-OH is 4. The Bertz CT molecular complexity index is 748. The molecule has 142 valence electrons. The minimum Gasteiger partial charge on any atom is -0.389 e. The van der Waals surface area contributed by atoms with Crippen LogP contribution >= 0.6 is 0 Å². The van der Waals surface area contributed by atoms with E-state index in [0.717, 1.165) is 0 Å². The molecule has 0 aliphatic rings. The summed E-state index contributed by atoms with van der Waals surface area (Å²) in [5.41, 5.74) is 13.0. The summed E-state index contributed by atoms with van der Waals surface area (Å²) in [6, 6.07) is 1.57. The second kappa shape index (κ2) is 7.50. The summed E-state index contributed by atoms with van der Waals surface area (Å²) in [6.45, 7) is 6.11. The van der Waals surface area contributed by atoms with Gasteiger partial charge < -0.3 is 31.9 Å². The molecule has 26 heavy (non-hydrogen) atoms. The molecule has 0 fully saturated rings. The minimum absolute atomic E-state index is 0.0474. The highest BCUT2D eigenvalue weighted by molar-refractivity contribution is 5.71. The van der Waals surface area contributed by atoms with Gasteiger partial charge in [-0.25, -0.2) is 0 Å². The van der Waals surface area contributed by atoms with Crippen molar-refractivity contribution in [2.24, 2.45) is 0 Å². The topological polar surface area (TPSA) is 172 Å². The zero-order valence-corrected chi connectivity index (χ0v) is 15.2. The Morgan fingerprint density at radius 2 is 1.08 bits per heavy atom. The molecule has 0 bridgehead atoms. The summed E-state index contributed by atoms with van der Waals surface area (Å²) >= 11 is 0. The predicted octanol–water partition coefficient (Wildman–Crippen LogP) is 0.916. The first-order valence-electron chi connectivity index (χ1n) is 8.24. The Balaban J connectivity index is 3.06. The quantitative estimate of drug-likeness (QED) is 0.451. The lowest BCUT2D eigenvalue weighted by Gasteiger charge is -2.26. The monoisotopic (exact) mass is 363 g/mol. The number of aliphatic hydroxyl groups is 4. The van der Waals surface area contributed by atoms with Crippen molar-refractivity contribution in [3.05, 3.63) is 28.3 Å². The van der Waals surface area contributed by atoms with E-state index in [1.165, 1.54) is 27.7 Å². The maximum atomic E-state index is 10.4. The zero-order valence-electron chi connectivity index (χ0n) is 15.2. The van der Waals surface area contributed by atoms with Crippen molar-refractivity contribution in [2.75, 3.05) is 11.5 Å². The van der Waals surface area contributed by atoms with Crippen LogP contribution in [-0.2, 0) is 0 Å². The molecular weight excluding hydrogens is 338 g/mol. The minimum atomic E-state index is -1.02. The standard InChI is InChI=1S/C17H25N5O4/c1-6(23)10-5-11(7(2)24)13(9(4)26)14(12(10)8(3)25)15-20-16(18)22-17(19)21-15/h5-9,23-26H,1-4H3,(H4,18,19,20,21,22). The molecule has 4 atom stereocenters. The van der Waals surface area contributed by atoms with Gasteiger partial charge in [-0.1, -0.05) is 0 Å². The van der Waals surface area contributed by atoms with Crippen LogP contribution in [0.15, 0.2) is 6.07 Å². The van der Waals surface area contributed by atoms with Gasteiger partial charge in [0.15, 0.2) is 5.82 Å². The summed E-state index contributed by atoms with van der Waals surface area (Å²) in [6.07, 6.45) is -3.94. The summed E-state index contributed by atoms with van der Waals surface area (Å²) in [4.78, 5) is 11.9. The highest BCUT2D eigenvalue weighted by Crippen LogP contribution is 2.42. The molecule has 0 saturated carbocycles. The van der Waals surface area contributed by atoms with Gasteiger partial charge in [0.25, 0.3) is 0 Å². The van der Waals surface area contributed by atoms with Crippen molar-refractivity contribution in [3.8, 4) is 11.4 Å². The fraction of sp³-hybridized carbons (Fsp3) is 0.471. The first kappa shape index (κ1) is 20.0. The number of hydrogen-bond acceptors (Lipinski definition) is 9. The average molecular weight is 363 g/mol. The molecule has 9 heteroatoms. The Labute approximate surface area is 151 Å². The smallest absolute Gasteiger partial charge is 0.225 e. The lowest BCUT2D eigenvalue weighted by atomic mass is 9.83. The van der Waals surface area contributed by atoms with Gasteiger partial charge in [-0.05, 0) is 56.0 Å². The fourth-order valence-electron chi connectivity index (χ4n) is 3.11. The molecule has 9 nitrogen and oxygen atoms in total. The Kier molecular flexibility index (Phi) is 5.77. The summed E-state index contributed by atoms with van der Waals surface area (Å²) in [5, 5.41) is 41.2. The second-order valence-corrected chi connectivity index (χ2v) is 6.34. The molecule has 1 aromatic heterocycles. The maximum Gasteiger partial charge on any atom is 0.225 e. The van der Waals surface area contributed by atoms with Gasteiger partial charge in [0.1, 0.15) is 0 Å². The number of benzene rings is 1. The molecule has 0 aliphatic heterocycles. The van der Waals surface area contributed by atoms with Crippen LogP contribution in [0.4, 0.5) is 11.9 Å². The van der Waals surface area contributed by atoms with E-state index in [0.29, 0.717) is 22.3 Å². The molecule has 2 rings (SSSR count). The molecule has 4 unspecified atom stereocenters. The van der Waals surface area contributed by atoms with Crippen LogP contribution in [0, 0.1) is 0 Å². The van der Waals surface area contributed by atoms with Crippen LogP contribution < -0.4 is 11.5 Å². The average Bonchev–Trinajstić information content (AvgIpc) is 2.51. The van der Waals surface area contributed by atoms with Crippen molar-refractivity contribution in [1.29, 1.82) is 0 Å². The third kappa shape index (κ3) is 3.75. The number of anilines is 2. The van der Waals surface area contributed by atoms with Crippen LogP contribution in [0.1, 0.15) is 74.4 Å². The third-order valence-electron chi connectivity index (χ3n) is 4.10. The lowest BCUT2D eigenvalue weighted by molar-refractivity contribution is 0.165. The predicted molar refractivity (Wildman–Crippen MR) is 96.6 cm³/mol. The van der Waals surface area contributed by atoms with Gasteiger partial charge in [-0.2, -0.15) is 15.0 Å². The van der Waals surface area contributed by atoms with Crippen LogP contribution in [-0.4, -0.2) is 35.4 Å². The van der Waals surface area contributed by atoms with E-state index >= 15 is 0 Å². The molecule has 2 aromatic rings. The molecular formula is C17H25N5O4. The summed E-state index contributed by atoms with van der Waals surface area (Å²) in [7, 11) is 0. The molecule has 1 aromatic carbocycles. The number of aromatic nitrogens is 3. The third-order valence-corrected chi connectivity index (χ3v) is 4.10. The Morgan fingerprint density at radius 3 is 1.38 bits per heavy atom. The van der Waals surface area contributed by atoms with E-state index in [1.54, 1.807) is 6.07 Å². The van der Waals surface area contributed by atoms with Crippen LogP contribution in [0.25, 0.3) is 11.4 Å². The van der Waals surface area contributed by atoms with E-state index in [4.69, 9.17) is 11.5 Å². The number of nitrogen functional groups attached to an aromatic ring is 2. The number of nitrogens with zero attached hydrogens (tertiary/aromatic N) is 3. The van der Waals surface area contributed by atoms with Crippen molar-refractivity contribution in [1.82, 2.24) is 15.0 Å². The zero-order chi connectivity index (χ0) is 19.8. The molecule has 0 radical (unpaired) electrons. The second-order valence-electron chi connectivity index (χ2n) is 6.34. The summed E-state index contributed by atoms with van der Waals surface area (Å²) in [5.74, 6) is -0.200. The highest BCUT2D eigenvalue weighted by atomic mass is 16.3. The Hall–Kier alpha value is -2.33. The normalized spacial score (nSPS) is 16.2. The SMILES string of the molecule is CC(O)c1cc(C(C)O)c(C(C)O)c(-c2nc(N)nc(N)n2)c1C(C)O. The van der Waals surface area contributed by atoms with Crippen molar-refractivity contribution in [2.45, 2.75) is 52.1 Å². The van der Waals surface area contributed by atoms with Crippen molar-refractivity contribution in [3.63, 3.8) is 0 Å². The first-order chi connectivity index (χ1) is 12.0. The fourth-order valence-corrected chi connectivity index (χ4v) is 3.11. The van der Waals surface area contributed by atoms with Gasteiger partial charge in [-0.3, -0.25) is 0 Å². The Morgan fingerprint density at radius 1 is 0.692 bits per heavy atom. The first-order valence-corrected chi connectivity index (χ1v) is 8.24. The number of rotatable bonds is 5. The maximum absolute atomic E-state index is 10.4. The summed E-state index contributed by atoms with van der Waals surface area (Å²) < 4.78 is 0. The van der Waals surface area contributed by atoms with E-state index in [-0.39, 0.29) is 23.3 Å². The van der Waals surface area contributed by atoms with E-state index in [2.05, 4.69) is 15.0 Å². The number of nitrogens with two attached hydrogens (primary N) is 2. The van der Waals surface area contributed by atoms with Gasteiger partial charge in [-0.15, -0.1) is 0 Å². The lowest BCUT2D eigenvalue weighted by Crippen LogP contribution is -2.15. The molecule has 0 amide bonds.